The third kappa shape index (κ3) is 1.79. The fourth-order valence-electron chi connectivity index (χ4n) is 2.76. The van der Waals surface area contributed by atoms with Crippen molar-refractivity contribution in [2.45, 2.75) is 31.3 Å². The van der Waals surface area contributed by atoms with Gasteiger partial charge in [0.2, 0.25) is 0 Å². The first-order chi connectivity index (χ1) is 8.25. The molecule has 1 aliphatic carbocycles. The summed E-state index contributed by atoms with van der Waals surface area (Å²) in [6.45, 7) is 1.67. The Labute approximate surface area is 109 Å². The number of halogens is 1. The Kier molecular flexibility index (Phi) is 2.89. The zero-order valence-electron chi connectivity index (χ0n) is 9.67. The minimum absolute atomic E-state index is 0.130. The van der Waals surface area contributed by atoms with Gasteiger partial charge in [0.15, 0.2) is 6.79 Å². The highest BCUT2D eigenvalue weighted by atomic mass is 79.9. The first-order valence-electron chi connectivity index (χ1n) is 5.99. The van der Waals surface area contributed by atoms with Crippen LogP contribution in [0.25, 0.3) is 0 Å². The Hall–Kier alpha value is -0.580. The van der Waals surface area contributed by atoms with E-state index in [0.29, 0.717) is 19.9 Å². The second-order valence-corrected chi connectivity index (χ2v) is 5.81. The maximum Gasteiger partial charge on any atom is 0.189 e. The SMILES string of the molecule is NCC1(c2cc(Br)cc3c2OCOC3)CCC1. The molecule has 0 saturated heterocycles. The molecular weight excluding hydrogens is 282 g/mol. The van der Waals surface area contributed by atoms with E-state index in [1.165, 1.54) is 12.0 Å². The van der Waals surface area contributed by atoms with Crippen LogP contribution in [-0.4, -0.2) is 13.3 Å². The van der Waals surface area contributed by atoms with Gasteiger partial charge in [0.05, 0.1) is 6.61 Å². The van der Waals surface area contributed by atoms with Crippen LogP contribution < -0.4 is 10.5 Å². The molecular formula is C13H16BrNO2. The van der Waals surface area contributed by atoms with Crippen LogP contribution >= 0.6 is 15.9 Å². The van der Waals surface area contributed by atoms with E-state index < -0.39 is 0 Å². The van der Waals surface area contributed by atoms with Crippen LogP contribution in [0.2, 0.25) is 0 Å². The topological polar surface area (TPSA) is 44.5 Å². The van der Waals surface area contributed by atoms with Gasteiger partial charge in [-0.2, -0.15) is 0 Å². The number of rotatable bonds is 2. The Morgan fingerprint density at radius 3 is 2.82 bits per heavy atom. The molecule has 3 nitrogen and oxygen atoms in total. The van der Waals surface area contributed by atoms with E-state index in [2.05, 4.69) is 28.1 Å². The molecule has 0 unspecified atom stereocenters. The summed E-state index contributed by atoms with van der Waals surface area (Å²) in [5.41, 5.74) is 8.50. The van der Waals surface area contributed by atoms with Gasteiger partial charge in [-0.3, -0.25) is 0 Å². The average molecular weight is 298 g/mol. The monoisotopic (exact) mass is 297 g/mol. The maximum atomic E-state index is 5.98. The molecule has 0 amide bonds. The number of nitrogens with two attached hydrogens (primary N) is 1. The average Bonchev–Trinajstić information content (AvgIpc) is 2.28. The highest BCUT2D eigenvalue weighted by molar-refractivity contribution is 9.10. The van der Waals surface area contributed by atoms with Gasteiger partial charge in [-0.25, -0.2) is 0 Å². The highest BCUT2D eigenvalue weighted by Gasteiger charge is 2.40. The number of hydrogen-bond acceptors (Lipinski definition) is 3. The zero-order chi connectivity index (χ0) is 11.9. The summed E-state index contributed by atoms with van der Waals surface area (Å²) in [6, 6.07) is 4.23. The lowest BCUT2D eigenvalue weighted by atomic mass is 9.64. The molecule has 1 aliphatic heterocycles. The molecule has 1 aromatic carbocycles. The minimum Gasteiger partial charge on any atom is -0.467 e. The first kappa shape index (κ1) is 11.5. The number of ether oxygens (including phenoxy) is 2. The summed E-state index contributed by atoms with van der Waals surface area (Å²) < 4.78 is 12.1. The van der Waals surface area contributed by atoms with Crippen molar-refractivity contribution in [3.05, 3.63) is 27.7 Å². The molecule has 92 valence electrons. The second kappa shape index (κ2) is 4.26. The van der Waals surface area contributed by atoms with Crippen molar-refractivity contribution < 1.29 is 9.47 Å². The molecule has 1 fully saturated rings. The number of fused-ring (bicyclic) bond motifs is 1. The Morgan fingerprint density at radius 2 is 2.18 bits per heavy atom. The Morgan fingerprint density at radius 1 is 1.35 bits per heavy atom. The zero-order valence-corrected chi connectivity index (χ0v) is 11.3. The van der Waals surface area contributed by atoms with Gasteiger partial charge in [0.1, 0.15) is 5.75 Å². The molecule has 0 atom stereocenters. The molecule has 2 N–H and O–H groups in total. The lowest BCUT2D eigenvalue weighted by Gasteiger charge is -2.43. The Bertz CT molecular complexity index is 438. The molecule has 4 heteroatoms. The molecule has 1 heterocycles. The molecule has 1 saturated carbocycles. The van der Waals surface area contributed by atoms with Crippen molar-refractivity contribution in [2.24, 2.45) is 5.73 Å². The van der Waals surface area contributed by atoms with Crippen molar-refractivity contribution >= 4 is 15.9 Å². The van der Waals surface area contributed by atoms with Gasteiger partial charge in [-0.05, 0) is 25.0 Å². The van der Waals surface area contributed by atoms with E-state index >= 15 is 0 Å². The minimum atomic E-state index is 0.130. The number of benzene rings is 1. The lowest BCUT2D eigenvalue weighted by molar-refractivity contribution is -0.0184. The normalized spacial score (nSPS) is 21.3. The number of hydrogen-bond donors (Lipinski definition) is 1. The molecule has 0 aromatic heterocycles. The van der Waals surface area contributed by atoms with E-state index in [1.807, 2.05) is 0 Å². The fraction of sp³-hybridized carbons (Fsp3) is 0.538. The van der Waals surface area contributed by atoms with E-state index in [1.54, 1.807) is 0 Å². The van der Waals surface area contributed by atoms with Crippen molar-refractivity contribution in [3.63, 3.8) is 0 Å². The van der Waals surface area contributed by atoms with Gasteiger partial charge >= 0.3 is 0 Å². The van der Waals surface area contributed by atoms with Gasteiger partial charge < -0.3 is 15.2 Å². The van der Waals surface area contributed by atoms with Crippen molar-refractivity contribution in [1.82, 2.24) is 0 Å². The van der Waals surface area contributed by atoms with Crippen LogP contribution in [0.15, 0.2) is 16.6 Å². The van der Waals surface area contributed by atoms with Crippen LogP contribution in [0, 0.1) is 0 Å². The largest absolute Gasteiger partial charge is 0.467 e. The smallest absolute Gasteiger partial charge is 0.189 e. The quantitative estimate of drug-likeness (QED) is 0.913. The fourth-order valence-corrected chi connectivity index (χ4v) is 3.27. The predicted molar refractivity (Wildman–Crippen MR) is 69.0 cm³/mol. The van der Waals surface area contributed by atoms with Crippen LogP contribution in [0.1, 0.15) is 30.4 Å². The maximum absolute atomic E-state index is 5.98. The summed E-state index contributed by atoms with van der Waals surface area (Å²) in [5.74, 6) is 1.00. The van der Waals surface area contributed by atoms with Crippen LogP contribution in [0.3, 0.4) is 0 Å². The lowest BCUT2D eigenvalue weighted by Crippen LogP contribution is -2.42. The summed E-state index contributed by atoms with van der Waals surface area (Å²) >= 11 is 3.56. The third-order valence-corrected chi connectivity index (χ3v) is 4.41. The van der Waals surface area contributed by atoms with Crippen molar-refractivity contribution in [2.75, 3.05) is 13.3 Å². The summed E-state index contributed by atoms with van der Waals surface area (Å²) in [4.78, 5) is 0. The summed E-state index contributed by atoms with van der Waals surface area (Å²) in [7, 11) is 0. The molecule has 0 spiro atoms. The van der Waals surface area contributed by atoms with Crippen LogP contribution in [0.4, 0.5) is 0 Å². The molecule has 1 aromatic rings. The van der Waals surface area contributed by atoms with Crippen LogP contribution in [0.5, 0.6) is 5.75 Å². The predicted octanol–water partition coefficient (Wildman–Crippen LogP) is 2.70. The van der Waals surface area contributed by atoms with Gasteiger partial charge in [-0.15, -0.1) is 0 Å². The summed E-state index contributed by atoms with van der Waals surface area (Å²) in [5, 5.41) is 0. The summed E-state index contributed by atoms with van der Waals surface area (Å²) in [6.07, 6.45) is 3.59. The molecule has 2 aliphatic rings. The van der Waals surface area contributed by atoms with E-state index in [4.69, 9.17) is 15.2 Å². The molecule has 0 bridgehead atoms. The van der Waals surface area contributed by atoms with Gasteiger partial charge in [0, 0.05) is 27.6 Å². The molecule has 17 heavy (non-hydrogen) atoms. The van der Waals surface area contributed by atoms with E-state index in [9.17, 15) is 0 Å². The second-order valence-electron chi connectivity index (χ2n) is 4.89. The van der Waals surface area contributed by atoms with Gasteiger partial charge in [0.25, 0.3) is 0 Å². The van der Waals surface area contributed by atoms with Crippen LogP contribution in [-0.2, 0) is 16.8 Å². The first-order valence-corrected chi connectivity index (χ1v) is 6.78. The molecule has 0 radical (unpaired) electrons. The standard InChI is InChI=1S/C13H16BrNO2/c14-10-4-9-6-16-8-17-12(9)11(5-10)13(7-15)2-1-3-13/h4-5H,1-3,6-8,15H2. The molecule has 3 rings (SSSR count). The Balaban J connectivity index is 2.11. The third-order valence-electron chi connectivity index (χ3n) is 3.95. The van der Waals surface area contributed by atoms with E-state index in [0.717, 1.165) is 28.6 Å². The van der Waals surface area contributed by atoms with Crippen molar-refractivity contribution in [3.8, 4) is 5.75 Å². The van der Waals surface area contributed by atoms with Crippen molar-refractivity contribution in [1.29, 1.82) is 0 Å². The highest BCUT2D eigenvalue weighted by Crippen LogP contribution is 2.48. The van der Waals surface area contributed by atoms with E-state index in [-0.39, 0.29) is 5.41 Å². The van der Waals surface area contributed by atoms with Gasteiger partial charge in [-0.1, -0.05) is 22.4 Å².